The average molecular weight is 650 g/mol. The molecule has 0 saturated heterocycles. The van der Waals surface area contributed by atoms with Gasteiger partial charge in [-0.3, -0.25) is 33.9 Å². The van der Waals surface area contributed by atoms with Crippen molar-refractivity contribution in [2.45, 2.75) is 112 Å². The zero-order chi connectivity index (χ0) is 35.3. The van der Waals surface area contributed by atoms with E-state index in [2.05, 4.69) is 4.90 Å². The standard InChI is InChI=1S/C35H59N3O8/c1-32(2,3)43-28(39)23-37(24-29(40)44-33(4,5)6)20-18-36(22-27-16-14-13-15-17-27)19-21-38(25-30(41)45-34(7,8)9)26-31(42)46-35(10,11)12/h13-17H,18-26H2,1-12H3. The minimum absolute atomic E-state index is 0.0842. The molecule has 0 saturated carbocycles. The number of esters is 4. The van der Waals surface area contributed by atoms with Crippen molar-refractivity contribution in [1.82, 2.24) is 14.7 Å². The van der Waals surface area contributed by atoms with E-state index in [0.29, 0.717) is 32.7 Å². The summed E-state index contributed by atoms with van der Waals surface area (Å²) in [4.78, 5) is 56.7. The van der Waals surface area contributed by atoms with E-state index in [4.69, 9.17) is 18.9 Å². The minimum atomic E-state index is -0.667. The van der Waals surface area contributed by atoms with Crippen LogP contribution in [0, 0.1) is 0 Å². The van der Waals surface area contributed by atoms with Crippen LogP contribution in [0.4, 0.5) is 0 Å². The van der Waals surface area contributed by atoms with Crippen molar-refractivity contribution in [1.29, 1.82) is 0 Å². The van der Waals surface area contributed by atoms with E-state index in [0.717, 1.165) is 5.56 Å². The molecule has 0 heterocycles. The first-order chi connectivity index (χ1) is 20.9. The lowest BCUT2D eigenvalue weighted by atomic mass is 10.2. The number of nitrogens with zero attached hydrogens (tertiary/aromatic N) is 3. The van der Waals surface area contributed by atoms with E-state index in [1.165, 1.54) is 0 Å². The van der Waals surface area contributed by atoms with Crippen molar-refractivity contribution in [3.05, 3.63) is 35.9 Å². The van der Waals surface area contributed by atoms with E-state index >= 15 is 0 Å². The molecule has 11 heteroatoms. The summed E-state index contributed by atoms with van der Waals surface area (Å²) in [5, 5.41) is 0. The van der Waals surface area contributed by atoms with Crippen LogP contribution in [-0.4, -0.2) is 113 Å². The summed E-state index contributed by atoms with van der Waals surface area (Å²) in [6, 6.07) is 9.90. The Morgan fingerprint density at radius 2 is 0.717 bits per heavy atom. The fourth-order valence-corrected chi connectivity index (χ4v) is 4.33. The summed E-state index contributed by atoms with van der Waals surface area (Å²) in [5.74, 6) is -1.75. The van der Waals surface area contributed by atoms with Gasteiger partial charge in [-0.05, 0) is 88.6 Å². The molecule has 46 heavy (non-hydrogen) atoms. The Hall–Kier alpha value is -3.02. The highest BCUT2D eigenvalue weighted by molar-refractivity contribution is 5.76. The number of rotatable bonds is 16. The number of carbonyl (C=O) groups is 4. The SMILES string of the molecule is CC(C)(C)OC(=O)CN(CCN(CCN(CC(=O)OC(C)(C)C)CC(=O)OC(C)(C)C)Cc1ccccc1)CC(=O)OC(C)(C)C. The average Bonchev–Trinajstić information content (AvgIpc) is 2.81. The second-order valence-electron chi connectivity index (χ2n) is 15.5. The van der Waals surface area contributed by atoms with Crippen LogP contribution in [0.2, 0.25) is 0 Å². The third kappa shape index (κ3) is 21.7. The predicted molar refractivity (Wildman–Crippen MR) is 178 cm³/mol. The molecular weight excluding hydrogens is 590 g/mol. The maximum Gasteiger partial charge on any atom is 0.320 e. The monoisotopic (exact) mass is 649 g/mol. The normalized spacial score (nSPS) is 12.8. The van der Waals surface area contributed by atoms with Gasteiger partial charge < -0.3 is 18.9 Å². The highest BCUT2D eigenvalue weighted by atomic mass is 16.6. The molecule has 0 spiro atoms. The van der Waals surface area contributed by atoms with Crippen LogP contribution in [0.25, 0.3) is 0 Å². The van der Waals surface area contributed by atoms with Gasteiger partial charge in [0.2, 0.25) is 0 Å². The van der Waals surface area contributed by atoms with Gasteiger partial charge in [0.1, 0.15) is 22.4 Å². The fraction of sp³-hybridized carbons (Fsp3) is 0.714. The lowest BCUT2D eigenvalue weighted by Crippen LogP contribution is -2.46. The zero-order valence-corrected chi connectivity index (χ0v) is 30.4. The minimum Gasteiger partial charge on any atom is -0.459 e. The van der Waals surface area contributed by atoms with Crippen LogP contribution in [-0.2, 0) is 44.7 Å². The quantitative estimate of drug-likeness (QED) is 0.187. The maximum absolute atomic E-state index is 12.8. The predicted octanol–water partition coefficient (Wildman–Crippen LogP) is 4.46. The van der Waals surface area contributed by atoms with Crippen LogP contribution < -0.4 is 0 Å². The molecule has 0 bridgehead atoms. The van der Waals surface area contributed by atoms with Gasteiger partial charge in [0.15, 0.2) is 0 Å². The van der Waals surface area contributed by atoms with Crippen molar-refractivity contribution < 1.29 is 38.1 Å². The lowest BCUT2D eigenvalue weighted by molar-refractivity contribution is -0.162. The summed E-state index contributed by atoms with van der Waals surface area (Å²) < 4.78 is 22.1. The third-order valence-corrected chi connectivity index (χ3v) is 5.80. The lowest BCUT2D eigenvalue weighted by Gasteiger charge is -2.31. The Balaban J connectivity index is 3.17. The van der Waals surface area contributed by atoms with Gasteiger partial charge in [0.05, 0.1) is 26.2 Å². The molecule has 0 atom stereocenters. The number of benzene rings is 1. The molecule has 0 aliphatic heterocycles. The van der Waals surface area contributed by atoms with E-state index in [-0.39, 0.29) is 26.2 Å². The molecule has 1 aromatic carbocycles. The number of ether oxygens (including phenoxy) is 4. The molecule has 0 aliphatic carbocycles. The van der Waals surface area contributed by atoms with Crippen molar-refractivity contribution in [2.75, 3.05) is 52.4 Å². The molecule has 0 amide bonds. The smallest absolute Gasteiger partial charge is 0.320 e. The van der Waals surface area contributed by atoms with E-state index in [1.54, 1.807) is 92.9 Å². The van der Waals surface area contributed by atoms with Gasteiger partial charge >= 0.3 is 23.9 Å². The van der Waals surface area contributed by atoms with E-state index in [1.807, 2.05) is 30.3 Å². The number of hydrogen-bond donors (Lipinski definition) is 0. The third-order valence-electron chi connectivity index (χ3n) is 5.80. The van der Waals surface area contributed by atoms with Crippen LogP contribution >= 0.6 is 0 Å². The summed E-state index contributed by atoms with van der Waals surface area (Å²) in [6.45, 7) is 23.5. The highest BCUT2D eigenvalue weighted by Gasteiger charge is 2.26. The topological polar surface area (TPSA) is 115 Å². The summed E-state index contributed by atoms with van der Waals surface area (Å²) in [5.41, 5.74) is -1.60. The van der Waals surface area contributed by atoms with E-state index in [9.17, 15) is 19.2 Å². The fourth-order valence-electron chi connectivity index (χ4n) is 4.33. The first-order valence-corrected chi connectivity index (χ1v) is 16.0. The number of carbonyl (C=O) groups excluding carboxylic acids is 4. The van der Waals surface area contributed by atoms with Crippen molar-refractivity contribution in [2.24, 2.45) is 0 Å². The van der Waals surface area contributed by atoms with Crippen molar-refractivity contribution >= 4 is 23.9 Å². The summed E-state index contributed by atoms with van der Waals surface area (Å²) >= 11 is 0. The molecule has 0 N–H and O–H groups in total. The Bertz CT molecular complexity index is 984. The van der Waals surface area contributed by atoms with Crippen LogP contribution in [0.1, 0.15) is 88.6 Å². The van der Waals surface area contributed by atoms with Gasteiger partial charge in [-0.2, -0.15) is 0 Å². The molecule has 0 aromatic heterocycles. The molecule has 1 aromatic rings. The molecule has 11 nitrogen and oxygen atoms in total. The first kappa shape index (κ1) is 41.0. The van der Waals surface area contributed by atoms with Crippen LogP contribution in [0.3, 0.4) is 0 Å². The van der Waals surface area contributed by atoms with Crippen molar-refractivity contribution in [3.8, 4) is 0 Å². The second-order valence-corrected chi connectivity index (χ2v) is 15.5. The second kappa shape index (κ2) is 17.8. The van der Waals surface area contributed by atoms with Gasteiger partial charge in [0.25, 0.3) is 0 Å². The van der Waals surface area contributed by atoms with Crippen molar-refractivity contribution in [3.63, 3.8) is 0 Å². The van der Waals surface area contributed by atoms with Gasteiger partial charge in [-0.15, -0.1) is 0 Å². The molecular formula is C35H59N3O8. The van der Waals surface area contributed by atoms with Gasteiger partial charge in [0, 0.05) is 32.7 Å². The molecule has 0 radical (unpaired) electrons. The molecule has 1 rings (SSSR count). The Morgan fingerprint density at radius 1 is 0.457 bits per heavy atom. The largest absolute Gasteiger partial charge is 0.459 e. The maximum atomic E-state index is 12.8. The molecule has 0 fully saturated rings. The van der Waals surface area contributed by atoms with Gasteiger partial charge in [-0.1, -0.05) is 30.3 Å². The van der Waals surface area contributed by atoms with Crippen LogP contribution in [0.5, 0.6) is 0 Å². The zero-order valence-electron chi connectivity index (χ0n) is 30.4. The Labute approximate surface area is 276 Å². The van der Waals surface area contributed by atoms with Crippen LogP contribution in [0.15, 0.2) is 30.3 Å². The highest BCUT2D eigenvalue weighted by Crippen LogP contribution is 2.13. The van der Waals surface area contributed by atoms with Gasteiger partial charge in [-0.25, -0.2) is 0 Å². The summed E-state index contributed by atoms with van der Waals surface area (Å²) in [6.07, 6.45) is 0. The number of hydrogen-bond acceptors (Lipinski definition) is 11. The molecule has 0 unspecified atom stereocenters. The Morgan fingerprint density at radius 3 is 0.978 bits per heavy atom. The molecule has 0 aliphatic rings. The first-order valence-electron chi connectivity index (χ1n) is 16.0. The summed E-state index contributed by atoms with van der Waals surface area (Å²) in [7, 11) is 0. The Kier molecular flexibility index (Phi) is 15.8. The van der Waals surface area contributed by atoms with E-state index < -0.39 is 46.3 Å². The molecule has 262 valence electrons.